The number of aromatic nitrogens is 2. The van der Waals surface area contributed by atoms with E-state index >= 15 is 0 Å². The molecule has 212 valence electrons. The summed E-state index contributed by atoms with van der Waals surface area (Å²) in [5.74, 6) is 0.422. The van der Waals surface area contributed by atoms with E-state index in [0.717, 1.165) is 53.4 Å². The van der Waals surface area contributed by atoms with Gasteiger partial charge in [-0.15, -0.1) is 0 Å². The highest BCUT2D eigenvalue weighted by atomic mass is 16.6. The van der Waals surface area contributed by atoms with Crippen molar-refractivity contribution in [2.45, 2.75) is 69.6 Å². The molecule has 0 N–H and O–H groups in total. The molecule has 1 spiro atoms. The second-order valence-electron chi connectivity index (χ2n) is 12.7. The average Bonchev–Trinajstić information content (AvgIpc) is 3.14. The quantitative estimate of drug-likeness (QED) is 0.333. The first kappa shape index (κ1) is 25.7. The van der Waals surface area contributed by atoms with Crippen LogP contribution in [0.1, 0.15) is 52.0 Å². The monoisotopic (exact) mass is 556 g/mol. The lowest BCUT2D eigenvalue weighted by molar-refractivity contribution is -0.384. The van der Waals surface area contributed by atoms with E-state index in [-0.39, 0.29) is 29.8 Å². The Morgan fingerprint density at radius 3 is 2.46 bits per heavy atom. The number of hydrogen-bond acceptors (Lipinski definition) is 8. The van der Waals surface area contributed by atoms with E-state index in [4.69, 9.17) is 4.74 Å². The Morgan fingerprint density at radius 1 is 1.10 bits per heavy atom. The highest BCUT2D eigenvalue weighted by molar-refractivity contribution is 6.13. The summed E-state index contributed by atoms with van der Waals surface area (Å²) in [7, 11) is 1.80. The number of fused-ring (bicyclic) bond motifs is 6. The summed E-state index contributed by atoms with van der Waals surface area (Å²) in [6, 6.07) is 7.22. The Hall–Kier alpha value is -4.28. The van der Waals surface area contributed by atoms with Crippen molar-refractivity contribution in [1.82, 2.24) is 14.9 Å². The molecule has 2 unspecified atom stereocenters. The number of benzene rings is 1. The first-order chi connectivity index (χ1) is 19.5. The van der Waals surface area contributed by atoms with Gasteiger partial charge in [-0.3, -0.25) is 24.8 Å². The summed E-state index contributed by atoms with van der Waals surface area (Å²) in [5.41, 5.74) is 2.89. The molecule has 11 heteroatoms. The molecule has 4 aliphatic heterocycles. The summed E-state index contributed by atoms with van der Waals surface area (Å²) in [4.78, 5) is 52.3. The van der Waals surface area contributed by atoms with Gasteiger partial charge >= 0.3 is 11.8 Å². The maximum Gasteiger partial charge on any atom is 0.410 e. The molecule has 0 radical (unpaired) electrons. The predicted octanol–water partition coefficient (Wildman–Crippen LogP) is 4.80. The van der Waals surface area contributed by atoms with Crippen LogP contribution in [0.4, 0.5) is 22.0 Å². The molecule has 8 rings (SSSR count). The number of ether oxygens (including phenoxy) is 1. The number of carbonyl (C=O) groups is 2. The first-order valence-corrected chi connectivity index (χ1v) is 14.1. The molecular formula is C30H32N6O5. The van der Waals surface area contributed by atoms with E-state index in [2.05, 4.69) is 9.97 Å². The zero-order chi connectivity index (χ0) is 28.8. The van der Waals surface area contributed by atoms with Crippen LogP contribution in [0, 0.1) is 10.1 Å². The largest absolute Gasteiger partial charge is 0.444 e. The van der Waals surface area contributed by atoms with Crippen LogP contribution in [0.2, 0.25) is 0 Å². The van der Waals surface area contributed by atoms with Crippen molar-refractivity contribution in [1.29, 1.82) is 0 Å². The molecule has 2 bridgehead atoms. The number of likely N-dealkylation sites (N-methyl/N-ethyl adjacent to an activating group) is 1. The van der Waals surface area contributed by atoms with E-state index in [1.54, 1.807) is 35.3 Å². The minimum Gasteiger partial charge on any atom is -0.444 e. The van der Waals surface area contributed by atoms with Gasteiger partial charge in [0.05, 0.1) is 39.8 Å². The molecule has 2 amide bonds. The molecule has 2 atom stereocenters. The number of rotatable bonds is 3. The zero-order valence-corrected chi connectivity index (χ0v) is 23.6. The van der Waals surface area contributed by atoms with E-state index < -0.39 is 15.9 Å². The van der Waals surface area contributed by atoms with Crippen molar-refractivity contribution in [3.8, 4) is 11.1 Å². The molecule has 1 aromatic carbocycles. The second-order valence-corrected chi connectivity index (χ2v) is 12.7. The maximum atomic E-state index is 13.2. The molecular weight excluding hydrogens is 524 g/mol. The number of piperidine rings is 1. The Bertz CT molecular complexity index is 1630. The fourth-order valence-electron chi connectivity index (χ4n) is 7.03. The van der Waals surface area contributed by atoms with Gasteiger partial charge in [0, 0.05) is 48.9 Å². The minimum absolute atomic E-state index is 0.0700. The summed E-state index contributed by atoms with van der Waals surface area (Å²) < 4.78 is 5.56. The van der Waals surface area contributed by atoms with Crippen molar-refractivity contribution in [3.05, 3.63) is 52.3 Å². The number of amides is 2. The number of nitro groups is 1. The number of hydrogen-bond donors (Lipinski definition) is 0. The van der Waals surface area contributed by atoms with E-state index in [9.17, 15) is 19.7 Å². The van der Waals surface area contributed by atoms with Gasteiger partial charge in [-0.2, -0.15) is 0 Å². The first-order valence-electron chi connectivity index (χ1n) is 14.1. The maximum absolute atomic E-state index is 13.2. The van der Waals surface area contributed by atoms with Gasteiger partial charge in [-0.1, -0.05) is 12.5 Å². The summed E-state index contributed by atoms with van der Waals surface area (Å²) >= 11 is 0. The van der Waals surface area contributed by atoms with Crippen LogP contribution >= 0.6 is 0 Å². The Kier molecular flexibility index (Phi) is 5.39. The topological polar surface area (TPSA) is 122 Å². The molecule has 5 aliphatic rings. The van der Waals surface area contributed by atoms with Gasteiger partial charge in [-0.25, -0.2) is 9.78 Å². The normalized spacial score (nSPS) is 22.4. The van der Waals surface area contributed by atoms with Crippen LogP contribution in [0.5, 0.6) is 0 Å². The van der Waals surface area contributed by atoms with Crippen molar-refractivity contribution in [2.75, 3.05) is 29.9 Å². The van der Waals surface area contributed by atoms with Crippen molar-refractivity contribution in [2.24, 2.45) is 0 Å². The molecule has 4 fully saturated rings. The van der Waals surface area contributed by atoms with E-state index in [1.165, 1.54) is 0 Å². The van der Waals surface area contributed by atoms with Gasteiger partial charge in [-0.05, 0) is 57.7 Å². The van der Waals surface area contributed by atoms with E-state index in [1.807, 2.05) is 43.9 Å². The van der Waals surface area contributed by atoms with Crippen LogP contribution in [0.25, 0.3) is 22.0 Å². The summed E-state index contributed by atoms with van der Waals surface area (Å²) in [6.45, 7) is 6.43. The average molecular weight is 557 g/mol. The van der Waals surface area contributed by atoms with Crippen LogP contribution in [-0.4, -0.2) is 69.6 Å². The summed E-state index contributed by atoms with van der Waals surface area (Å²) in [5, 5.41) is 13.1. The number of anilines is 2. The number of nitrogens with zero attached hydrogens (tertiary/aromatic N) is 6. The zero-order valence-electron chi connectivity index (χ0n) is 23.6. The van der Waals surface area contributed by atoms with Gasteiger partial charge < -0.3 is 14.5 Å². The van der Waals surface area contributed by atoms with Crippen LogP contribution in [0.15, 0.2) is 36.7 Å². The number of carbonyl (C=O) groups excluding carboxylic acids is 2. The Labute approximate surface area is 237 Å². The number of piperazine rings is 1. The van der Waals surface area contributed by atoms with Gasteiger partial charge in [0.25, 0.3) is 0 Å². The van der Waals surface area contributed by atoms with Crippen LogP contribution in [0.3, 0.4) is 0 Å². The highest BCUT2D eigenvalue weighted by Gasteiger charge is 2.54. The lowest BCUT2D eigenvalue weighted by Crippen LogP contribution is -2.70. The van der Waals surface area contributed by atoms with Gasteiger partial charge in [0.15, 0.2) is 0 Å². The smallest absolute Gasteiger partial charge is 0.410 e. The van der Waals surface area contributed by atoms with Crippen molar-refractivity contribution < 1.29 is 19.2 Å². The van der Waals surface area contributed by atoms with Crippen molar-refractivity contribution in [3.63, 3.8) is 0 Å². The summed E-state index contributed by atoms with van der Waals surface area (Å²) in [6.07, 6.45) is 6.59. The third-order valence-electron chi connectivity index (χ3n) is 9.08. The fraction of sp³-hybridized carbons (Fsp3) is 0.467. The van der Waals surface area contributed by atoms with Crippen LogP contribution < -0.4 is 9.80 Å². The molecule has 1 aliphatic carbocycles. The Balaban J connectivity index is 1.21. The molecule has 11 nitrogen and oxygen atoms in total. The highest BCUT2D eigenvalue weighted by Crippen LogP contribution is 2.55. The molecule has 41 heavy (non-hydrogen) atoms. The van der Waals surface area contributed by atoms with Gasteiger partial charge in [0.1, 0.15) is 5.60 Å². The Morgan fingerprint density at radius 2 is 1.83 bits per heavy atom. The third kappa shape index (κ3) is 3.78. The third-order valence-corrected chi connectivity index (χ3v) is 9.08. The van der Waals surface area contributed by atoms with Gasteiger partial charge in [0.2, 0.25) is 11.7 Å². The fourth-order valence-corrected chi connectivity index (χ4v) is 7.03. The lowest BCUT2D eigenvalue weighted by atomic mass is 9.64. The second kappa shape index (κ2) is 8.61. The SMILES string of the molecule is CN1C(=O)C2(CCC2)c2c1cnc1ccc(-c3cnc(N4CC5CC(C4)N5C(=O)OC(C)(C)C)c([N+](=O)[O-])c3)cc21. The van der Waals surface area contributed by atoms with Crippen molar-refractivity contribution >= 4 is 40.1 Å². The van der Waals surface area contributed by atoms with E-state index in [0.29, 0.717) is 24.5 Å². The lowest BCUT2D eigenvalue weighted by Gasteiger charge is -2.55. The predicted molar refractivity (Wildman–Crippen MR) is 153 cm³/mol. The molecule has 3 saturated heterocycles. The minimum atomic E-state index is -0.584. The molecule has 1 saturated carbocycles. The van der Waals surface area contributed by atoms with Crippen LogP contribution in [-0.2, 0) is 14.9 Å². The molecule has 2 aromatic heterocycles. The number of pyridine rings is 2. The molecule has 3 aromatic rings. The standard InChI is InChI=1S/C30H32N6O5/c1-29(2,3)41-28(38)35-19-12-20(35)16-34(15-19)26-23(36(39)40)11-18(13-32-26)17-6-7-22-21(10-17)25-24(14-31-22)33(4)27(37)30(25)8-5-9-30/h6-7,10-11,13-14,19-20H,5,8-9,12,15-16H2,1-4H3. The molecule has 6 heterocycles.